The summed E-state index contributed by atoms with van der Waals surface area (Å²) in [5, 5.41) is 13.7. The van der Waals surface area contributed by atoms with Crippen LogP contribution in [0.5, 0.6) is 0 Å². The number of nitrogens with one attached hydrogen (secondary N) is 1. The van der Waals surface area contributed by atoms with Crippen molar-refractivity contribution < 1.29 is 5.11 Å². The lowest BCUT2D eigenvalue weighted by Crippen LogP contribution is -2.44. The lowest BCUT2D eigenvalue weighted by atomic mass is 9.95. The van der Waals surface area contributed by atoms with Gasteiger partial charge in [-0.15, -0.1) is 0 Å². The third-order valence-corrected chi connectivity index (χ3v) is 4.54. The molecule has 2 rings (SSSR count). The van der Waals surface area contributed by atoms with Gasteiger partial charge in [0.25, 0.3) is 0 Å². The minimum Gasteiger partial charge on any atom is -0.390 e. The van der Waals surface area contributed by atoms with Crippen LogP contribution in [0.2, 0.25) is 0 Å². The average molecular weight is 304 g/mol. The molecule has 0 saturated carbocycles. The molecule has 124 valence electrons. The van der Waals surface area contributed by atoms with Crippen LogP contribution in [0.1, 0.15) is 51.6 Å². The molecule has 22 heavy (non-hydrogen) atoms. The molecule has 3 heteroatoms. The van der Waals surface area contributed by atoms with Crippen molar-refractivity contribution in [3.63, 3.8) is 0 Å². The second-order valence-electron chi connectivity index (χ2n) is 7.01. The lowest BCUT2D eigenvalue weighted by Gasteiger charge is -2.38. The van der Waals surface area contributed by atoms with Gasteiger partial charge in [-0.3, -0.25) is 4.90 Å². The van der Waals surface area contributed by atoms with Crippen molar-refractivity contribution in [1.29, 1.82) is 0 Å². The highest BCUT2D eigenvalue weighted by atomic mass is 16.3. The molecule has 1 heterocycles. The summed E-state index contributed by atoms with van der Waals surface area (Å²) in [6.07, 6.45) is 3.20. The molecule has 1 aromatic carbocycles. The van der Waals surface area contributed by atoms with Gasteiger partial charge in [-0.25, -0.2) is 0 Å². The van der Waals surface area contributed by atoms with E-state index in [2.05, 4.69) is 61.3 Å². The Balaban J connectivity index is 2.26. The van der Waals surface area contributed by atoms with Crippen molar-refractivity contribution in [3.8, 4) is 0 Å². The fraction of sp³-hybridized carbons (Fsp3) is 0.684. The van der Waals surface area contributed by atoms with Crippen molar-refractivity contribution >= 4 is 0 Å². The van der Waals surface area contributed by atoms with Gasteiger partial charge < -0.3 is 10.4 Å². The van der Waals surface area contributed by atoms with Gasteiger partial charge in [-0.2, -0.15) is 0 Å². The van der Waals surface area contributed by atoms with Crippen LogP contribution in [0.25, 0.3) is 0 Å². The zero-order valence-corrected chi connectivity index (χ0v) is 14.3. The normalized spacial score (nSPS) is 25.1. The number of β-amino-alcohol motifs (C(OH)–C–C–N with tert-alkyl or cyclic N) is 1. The van der Waals surface area contributed by atoms with Gasteiger partial charge in [-0.1, -0.05) is 57.5 Å². The molecule has 1 aromatic rings. The third-order valence-electron chi connectivity index (χ3n) is 4.54. The van der Waals surface area contributed by atoms with Crippen LogP contribution in [0.15, 0.2) is 30.3 Å². The Morgan fingerprint density at radius 1 is 1.23 bits per heavy atom. The molecule has 1 aliphatic rings. The van der Waals surface area contributed by atoms with Crippen molar-refractivity contribution in [1.82, 2.24) is 10.2 Å². The van der Waals surface area contributed by atoms with Gasteiger partial charge in [0.1, 0.15) is 0 Å². The Morgan fingerprint density at radius 2 is 1.95 bits per heavy atom. The van der Waals surface area contributed by atoms with Gasteiger partial charge in [0, 0.05) is 31.7 Å². The Labute approximate surface area is 135 Å². The van der Waals surface area contributed by atoms with E-state index in [-0.39, 0.29) is 6.10 Å². The molecule has 3 nitrogen and oxygen atoms in total. The molecule has 0 bridgehead atoms. The minimum absolute atomic E-state index is 0.278. The van der Waals surface area contributed by atoms with Gasteiger partial charge in [0.2, 0.25) is 0 Å². The molecule has 0 aliphatic carbocycles. The average Bonchev–Trinajstić information content (AvgIpc) is 2.67. The van der Waals surface area contributed by atoms with Crippen molar-refractivity contribution in [2.24, 2.45) is 5.92 Å². The molecule has 0 spiro atoms. The quantitative estimate of drug-likeness (QED) is 0.847. The zero-order valence-electron chi connectivity index (χ0n) is 14.3. The van der Waals surface area contributed by atoms with E-state index in [0.29, 0.717) is 24.5 Å². The zero-order chi connectivity index (χ0) is 15.9. The van der Waals surface area contributed by atoms with E-state index >= 15 is 0 Å². The number of hydrogen-bond acceptors (Lipinski definition) is 3. The van der Waals surface area contributed by atoms with Crippen LogP contribution in [-0.4, -0.2) is 41.8 Å². The highest BCUT2D eigenvalue weighted by molar-refractivity contribution is 5.19. The summed E-state index contributed by atoms with van der Waals surface area (Å²) in [4.78, 5) is 2.56. The van der Waals surface area contributed by atoms with E-state index < -0.39 is 0 Å². The summed E-state index contributed by atoms with van der Waals surface area (Å²) in [6, 6.07) is 11.7. The number of hydrogen-bond donors (Lipinski definition) is 2. The topological polar surface area (TPSA) is 35.5 Å². The molecule has 0 radical (unpaired) electrons. The van der Waals surface area contributed by atoms with E-state index in [4.69, 9.17) is 0 Å². The number of nitrogens with zero attached hydrogens (tertiary/aromatic N) is 1. The fourth-order valence-electron chi connectivity index (χ4n) is 3.61. The molecule has 2 N–H and O–H groups in total. The van der Waals surface area contributed by atoms with Gasteiger partial charge in [0.05, 0.1) is 6.10 Å². The first-order chi connectivity index (χ1) is 10.6. The summed E-state index contributed by atoms with van der Waals surface area (Å²) >= 11 is 0. The monoisotopic (exact) mass is 304 g/mol. The molecule has 1 fully saturated rings. The second kappa shape index (κ2) is 8.66. The summed E-state index contributed by atoms with van der Waals surface area (Å²) in [6.45, 7) is 9.28. The van der Waals surface area contributed by atoms with E-state index in [1.807, 2.05) is 0 Å². The molecule has 3 atom stereocenters. The Hall–Kier alpha value is -0.900. The predicted molar refractivity (Wildman–Crippen MR) is 92.9 cm³/mol. The molecular formula is C19H32N2O. The standard InChI is InChI=1S/C19H32N2O/c1-4-8-19(16-9-6-5-7-10-16)21-14-18(22)13-20-12-17(21)11-15(2)3/h5-7,9-10,15,17-20,22H,4,8,11-14H2,1-3H3/t17-,18?,19?/m0/s1. The Bertz CT molecular complexity index is 421. The third kappa shape index (κ3) is 4.80. The van der Waals surface area contributed by atoms with Crippen LogP contribution in [0.4, 0.5) is 0 Å². The van der Waals surface area contributed by atoms with Crippen LogP contribution in [0, 0.1) is 5.92 Å². The summed E-state index contributed by atoms with van der Waals surface area (Å²) in [7, 11) is 0. The largest absolute Gasteiger partial charge is 0.390 e. The predicted octanol–water partition coefficient (Wildman–Crippen LogP) is 3.21. The highest BCUT2D eigenvalue weighted by Gasteiger charge is 2.31. The maximum Gasteiger partial charge on any atom is 0.0791 e. The molecule has 1 saturated heterocycles. The van der Waals surface area contributed by atoms with Crippen LogP contribution >= 0.6 is 0 Å². The van der Waals surface area contributed by atoms with E-state index in [1.54, 1.807) is 0 Å². The first kappa shape index (κ1) is 17.5. The van der Waals surface area contributed by atoms with Gasteiger partial charge in [-0.05, 0) is 24.3 Å². The number of rotatable bonds is 6. The van der Waals surface area contributed by atoms with Gasteiger partial charge in [0.15, 0.2) is 0 Å². The minimum atomic E-state index is -0.278. The summed E-state index contributed by atoms with van der Waals surface area (Å²) < 4.78 is 0. The van der Waals surface area contributed by atoms with Crippen LogP contribution < -0.4 is 5.32 Å². The maximum absolute atomic E-state index is 10.3. The highest BCUT2D eigenvalue weighted by Crippen LogP contribution is 2.30. The van der Waals surface area contributed by atoms with Gasteiger partial charge >= 0.3 is 0 Å². The molecule has 2 unspecified atom stereocenters. The second-order valence-corrected chi connectivity index (χ2v) is 7.01. The van der Waals surface area contributed by atoms with Crippen molar-refractivity contribution in [2.45, 2.75) is 58.2 Å². The SMILES string of the molecule is CCCC(c1ccccc1)N1CC(O)CNC[C@@H]1CC(C)C. The fourth-order valence-corrected chi connectivity index (χ4v) is 3.61. The Morgan fingerprint density at radius 3 is 2.59 bits per heavy atom. The molecule has 1 aliphatic heterocycles. The van der Waals surface area contributed by atoms with Crippen molar-refractivity contribution in [3.05, 3.63) is 35.9 Å². The van der Waals surface area contributed by atoms with E-state index in [1.165, 1.54) is 12.0 Å². The maximum atomic E-state index is 10.3. The van der Waals surface area contributed by atoms with E-state index in [9.17, 15) is 5.11 Å². The number of benzene rings is 1. The van der Waals surface area contributed by atoms with Crippen molar-refractivity contribution in [2.75, 3.05) is 19.6 Å². The summed E-state index contributed by atoms with van der Waals surface area (Å²) in [5.74, 6) is 0.669. The smallest absolute Gasteiger partial charge is 0.0791 e. The Kier molecular flexibility index (Phi) is 6.87. The van der Waals surface area contributed by atoms with Crippen LogP contribution in [-0.2, 0) is 0 Å². The molecular weight excluding hydrogens is 272 g/mol. The molecule has 0 amide bonds. The van der Waals surface area contributed by atoms with Crippen LogP contribution in [0.3, 0.4) is 0 Å². The number of aliphatic hydroxyl groups excluding tert-OH is 1. The number of aliphatic hydroxyl groups is 1. The first-order valence-electron chi connectivity index (χ1n) is 8.81. The first-order valence-corrected chi connectivity index (χ1v) is 8.81. The summed E-state index contributed by atoms with van der Waals surface area (Å²) in [5.41, 5.74) is 1.38. The lowest BCUT2D eigenvalue weighted by molar-refractivity contribution is 0.0655. The van der Waals surface area contributed by atoms with E-state index in [0.717, 1.165) is 25.9 Å². The molecule has 0 aromatic heterocycles.